The fourth-order valence-electron chi connectivity index (χ4n) is 2.26. The maximum absolute atomic E-state index is 12.4. The number of benzene rings is 2. The fourth-order valence-corrected chi connectivity index (χ4v) is 2.26. The summed E-state index contributed by atoms with van der Waals surface area (Å²) in [5.41, 5.74) is -0.657. The number of aromatic carboxylic acids is 1. The number of carbonyl (C=O) groups excluding carboxylic acids is 2. The summed E-state index contributed by atoms with van der Waals surface area (Å²) in [6.07, 6.45) is 0. The summed E-state index contributed by atoms with van der Waals surface area (Å²) in [7, 11) is 0. The fraction of sp³-hybridized carbons (Fsp3) is 0.125. The number of amides is 1. The van der Waals surface area contributed by atoms with Crippen molar-refractivity contribution in [3.8, 4) is 17.2 Å². The number of nitrogens with one attached hydrogen (secondary N) is 1. The van der Waals surface area contributed by atoms with Crippen LogP contribution in [0.4, 0.5) is 14.5 Å². The number of hydrogen-bond donors (Lipinski definition) is 1. The second-order valence-electron chi connectivity index (χ2n) is 4.87. The number of halogens is 2. The van der Waals surface area contributed by atoms with Gasteiger partial charge in [0.2, 0.25) is 6.79 Å². The summed E-state index contributed by atoms with van der Waals surface area (Å²) < 4.78 is 39.4. The molecule has 0 unspecified atom stereocenters. The van der Waals surface area contributed by atoms with E-state index in [1.165, 1.54) is 30.3 Å². The Morgan fingerprint density at radius 2 is 1.80 bits per heavy atom. The number of carbonyl (C=O) groups is 2. The van der Waals surface area contributed by atoms with Crippen LogP contribution in [0.15, 0.2) is 36.4 Å². The lowest BCUT2D eigenvalue weighted by atomic mass is 10.1. The van der Waals surface area contributed by atoms with E-state index in [1.54, 1.807) is 0 Å². The predicted octanol–water partition coefficient (Wildman–Crippen LogP) is 1.63. The molecule has 2 aromatic carbocycles. The van der Waals surface area contributed by atoms with Crippen molar-refractivity contribution in [2.24, 2.45) is 0 Å². The smallest absolute Gasteiger partial charge is 0.387 e. The Balaban J connectivity index is 1.93. The SMILES string of the molecule is O=C([O-])c1cc2c(cc1NC(=O)c1ccccc1OC(F)F)OCO2. The van der Waals surface area contributed by atoms with Gasteiger partial charge >= 0.3 is 6.61 Å². The summed E-state index contributed by atoms with van der Waals surface area (Å²) in [5.74, 6) is -2.30. The molecule has 0 saturated carbocycles. The number of carboxylic acids is 1. The van der Waals surface area contributed by atoms with Crippen LogP contribution in [0.5, 0.6) is 17.2 Å². The van der Waals surface area contributed by atoms with Gasteiger partial charge in [0.05, 0.1) is 17.2 Å². The van der Waals surface area contributed by atoms with Crippen LogP contribution in [0.1, 0.15) is 20.7 Å². The molecule has 9 heteroatoms. The van der Waals surface area contributed by atoms with Gasteiger partial charge in [-0.2, -0.15) is 8.78 Å². The first-order valence-electron chi connectivity index (χ1n) is 6.96. The Kier molecular flexibility index (Phi) is 4.38. The molecule has 130 valence electrons. The van der Waals surface area contributed by atoms with Crippen molar-refractivity contribution in [1.29, 1.82) is 0 Å². The molecule has 2 aromatic rings. The van der Waals surface area contributed by atoms with E-state index in [1.807, 2.05) is 0 Å². The Labute approximate surface area is 139 Å². The number of hydrogen-bond acceptors (Lipinski definition) is 6. The van der Waals surface area contributed by atoms with Crippen LogP contribution in [-0.2, 0) is 0 Å². The largest absolute Gasteiger partial charge is 0.545 e. The lowest BCUT2D eigenvalue weighted by molar-refractivity contribution is -0.254. The van der Waals surface area contributed by atoms with Crippen LogP contribution < -0.4 is 24.6 Å². The highest BCUT2D eigenvalue weighted by Gasteiger charge is 2.21. The highest BCUT2D eigenvalue weighted by molar-refractivity contribution is 6.09. The molecule has 0 spiro atoms. The van der Waals surface area contributed by atoms with Crippen LogP contribution >= 0.6 is 0 Å². The Hall–Kier alpha value is -3.36. The second kappa shape index (κ2) is 6.63. The Bertz CT molecular complexity index is 839. The van der Waals surface area contributed by atoms with Crippen LogP contribution in [0.25, 0.3) is 0 Å². The highest BCUT2D eigenvalue weighted by Crippen LogP contribution is 2.37. The summed E-state index contributed by atoms with van der Waals surface area (Å²) in [6, 6.07) is 7.73. The van der Waals surface area contributed by atoms with Gasteiger partial charge in [0.1, 0.15) is 5.75 Å². The minimum Gasteiger partial charge on any atom is -0.545 e. The molecule has 1 amide bonds. The van der Waals surface area contributed by atoms with Crippen molar-refractivity contribution in [2.75, 3.05) is 12.1 Å². The van der Waals surface area contributed by atoms with E-state index in [2.05, 4.69) is 10.1 Å². The van der Waals surface area contributed by atoms with E-state index in [0.29, 0.717) is 0 Å². The van der Waals surface area contributed by atoms with Crippen LogP contribution in [-0.4, -0.2) is 25.3 Å². The molecule has 1 aliphatic heterocycles. The number of rotatable bonds is 5. The zero-order valence-electron chi connectivity index (χ0n) is 12.5. The van der Waals surface area contributed by atoms with Gasteiger partial charge in [-0.3, -0.25) is 4.79 Å². The van der Waals surface area contributed by atoms with E-state index in [9.17, 15) is 23.5 Å². The average molecular weight is 350 g/mol. The zero-order valence-corrected chi connectivity index (χ0v) is 12.5. The lowest BCUT2D eigenvalue weighted by Crippen LogP contribution is -2.25. The predicted molar refractivity (Wildman–Crippen MR) is 77.9 cm³/mol. The molecule has 7 nitrogen and oxygen atoms in total. The molecule has 1 aliphatic rings. The number of ether oxygens (including phenoxy) is 3. The monoisotopic (exact) mass is 350 g/mol. The summed E-state index contributed by atoms with van der Waals surface area (Å²) >= 11 is 0. The molecular formula is C16H10F2NO6-. The van der Waals surface area contributed by atoms with Crippen molar-refractivity contribution in [3.05, 3.63) is 47.5 Å². The summed E-state index contributed by atoms with van der Waals surface area (Å²) in [4.78, 5) is 23.6. The first kappa shape index (κ1) is 16.5. The van der Waals surface area contributed by atoms with Crippen LogP contribution in [0.2, 0.25) is 0 Å². The molecule has 0 aliphatic carbocycles. The third-order valence-electron chi connectivity index (χ3n) is 3.33. The molecule has 0 bridgehead atoms. The van der Waals surface area contributed by atoms with E-state index in [4.69, 9.17) is 9.47 Å². The molecule has 25 heavy (non-hydrogen) atoms. The summed E-state index contributed by atoms with van der Waals surface area (Å²) in [5, 5.41) is 13.6. The van der Waals surface area contributed by atoms with Crippen molar-refractivity contribution >= 4 is 17.6 Å². The third-order valence-corrected chi connectivity index (χ3v) is 3.33. The van der Waals surface area contributed by atoms with Gasteiger partial charge in [0.25, 0.3) is 5.91 Å². The topological polar surface area (TPSA) is 96.9 Å². The Morgan fingerprint density at radius 1 is 1.12 bits per heavy atom. The van der Waals surface area contributed by atoms with Crippen molar-refractivity contribution in [1.82, 2.24) is 0 Å². The molecule has 1 N–H and O–H groups in total. The number of carboxylic acid groups (broad SMARTS) is 1. The normalized spacial score (nSPS) is 12.1. The molecule has 0 fully saturated rings. The minimum absolute atomic E-state index is 0.0930. The van der Waals surface area contributed by atoms with E-state index in [-0.39, 0.29) is 40.9 Å². The number of fused-ring (bicyclic) bond motifs is 1. The Morgan fingerprint density at radius 3 is 2.48 bits per heavy atom. The van der Waals surface area contributed by atoms with Gasteiger partial charge < -0.3 is 29.4 Å². The van der Waals surface area contributed by atoms with Gasteiger partial charge in [-0.15, -0.1) is 0 Å². The molecule has 3 rings (SSSR count). The van der Waals surface area contributed by atoms with Gasteiger partial charge in [0.15, 0.2) is 11.5 Å². The molecule has 1 heterocycles. The van der Waals surface area contributed by atoms with E-state index >= 15 is 0 Å². The lowest BCUT2D eigenvalue weighted by Gasteiger charge is -2.14. The molecular weight excluding hydrogens is 340 g/mol. The van der Waals surface area contributed by atoms with Crippen LogP contribution in [0.3, 0.4) is 0 Å². The molecule has 0 atom stereocenters. The van der Waals surface area contributed by atoms with E-state index in [0.717, 1.165) is 6.07 Å². The minimum atomic E-state index is -3.11. The average Bonchev–Trinajstić information content (AvgIpc) is 3.01. The second-order valence-corrected chi connectivity index (χ2v) is 4.87. The quantitative estimate of drug-likeness (QED) is 0.880. The van der Waals surface area contributed by atoms with E-state index < -0.39 is 18.5 Å². The molecule has 0 saturated heterocycles. The van der Waals surface area contributed by atoms with Gasteiger partial charge in [-0.05, 0) is 18.2 Å². The summed E-state index contributed by atoms with van der Waals surface area (Å²) in [6.45, 7) is -3.21. The zero-order chi connectivity index (χ0) is 18.0. The van der Waals surface area contributed by atoms with Crippen molar-refractivity contribution in [2.45, 2.75) is 6.61 Å². The molecule has 0 aromatic heterocycles. The first-order valence-corrected chi connectivity index (χ1v) is 6.96. The standard InChI is InChI=1S/C16H11F2NO6/c17-16(18)25-11-4-2-1-3-8(11)14(20)19-10-6-13-12(23-7-24-13)5-9(10)15(21)22/h1-6,16H,7H2,(H,19,20)(H,21,22)/p-1. The van der Waals surface area contributed by atoms with Gasteiger partial charge in [-0.1, -0.05) is 12.1 Å². The van der Waals surface area contributed by atoms with Crippen LogP contribution in [0, 0.1) is 0 Å². The highest BCUT2D eigenvalue weighted by atomic mass is 19.3. The number of anilines is 1. The maximum Gasteiger partial charge on any atom is 0.387 e. The number of alkyl halides is 2. The maximum atomic E-state index is 12.4. The van der Waals surface area contributed by atoms with Gasteiger partial charge in [-0.25, -0.2) is 0 Å². The van der Waals surface area contributed by atoms with Crippen molar-refractivity contribution in [3.63, 3.8) is 0 Å². The number of para-hydroxylation sites is 1. The third kappa shape index (κ3) is 3.44. The first-order chi connectivity index (χ1) is 12.0. The van der Waals surface area contributed by atoms with Gasteiger partial charge in [0, 0.05) is 11.6 Å². The molecule has 0 radical (unpaired) electrons. The van der Waals surface area contributed by atoms with Crippen molar-refractivity contribution < 1.29 is 37.7 Å².